The Hall–Kier alpha value is -7.94. The number of hydrogen-bond donors (Lipinski definition) is 0. The van der Waals surface area contributed by atoms with E-state index in [0.717, 1.165) is 45.4 Å². The normalized spacial score (nSPS) is 16.6. The zero-order valence-corrected chi connectivity index (χ0v) is 36.0. The van der Waals surface area contributed by atoms with Crippen molar-refractivity contribution in [2.24, 2.45) is 5.92 Å². The molecule has 0 N–H and O–H groups in total. The molecule has 4 aliphatic carbocycles. The molecule has 2 nitrogen and oxygen atoms in total. The molecule has 1 atom stereocenters. The van der Waals surface area contributed by atoms with Gasteiger partial charge in [-0.3, -0.25) is 0 Å². The Morgan fingerprint density at radius 2 is 1.00 bits per heavy atom. The lowest BCUT2D eigenvalue weighted by atomic mass is 9.67. The van der Waals surface area contributed by atoms with Crippen molar-refractivity contribution >= 4 is 44.6 Å². The molecular formula is C63H43NO. The number of rotatable bonds is 5. The maximum absolute atomic E-state index is 7.32. The van der Waals surface area contributed by atoms with E-state index in [9.17, 15) is 0 Å². The largest absolute Gasteiger partial charge is 0.454 e. The van der Waals surface area contributed by atoms with Crippen molar-refractivity contribution in [1.82, 2.24) is 0 Å². The first kappa shape index (κ1) is 36.5. The van der Waals surface area contributed by atoms with Gasteiger partial charge in [0.15, 0.2) is 5.58 Å². The van der Waals surface area contributed by atoms with E-state index >= 15 is 0 Å². The summed E-state index contributed by atoms with van der Waals surface area (Å²) in [6.07, 6.45) is 5.84. The smallest absolute Gasteiger partial charge is 0.159 e. The van der Waals surface area contributed by atoms with E-state index in [1.165, 1.54) is 77.9 Å². The van der Waals surface area contributed by atoms with E-state index in [2.05, 4.69) is 236 Å². The fourth-order valence-electron chi connectivity index (χ4n) is 12.7. The standard InChI is InChI=1S/C63H43NO/c1-40-34-36-50-56(38-40)63(53-29-14-10-24-46(53)47-25-11-15-30-54(47)63)55-31-17-32-57(60(50)55)64(43-20-6-3-7-21-43)58-33-16-26-49-48-37-35-42(39-59(48)65-61(49)58)62(41-18-4-2-5-19-41)51-27-12-8-22-44(51)45-23-9-13-28-52(45)62/h2-37,39-40H,38H2,1H3. The van der Waals surface area contributed by atoms with Crippen LogP contribution in [0.1, 0.15) is 57.9 Å². The van der Waals surface area contributed by atoms with Crippen molar-refractivity contribution in [3.05, 3.63) is 275 Å². The van der Waals surface area contributed by atoms with Gasteiger partial charge < -0.3 is 9.32 Å². The van der Waals surface area contributed by atoms with E-state index in [4.69, 9.17) is 4.42 Å². The summed E-state index contributed by atoms with van der Waals surface area (Å²) in [5.74, 6) is 0.426. The molecule has 4 aliphatic rings. The highest BCUT2D eigenvalue weighted by atomic mass is 16.3. The SMILES string of the molecule is CC1C=CC2=C(C1)C1(c3ccccc3-c3ccccc31)c1cccc(N(c3ccccc3)c3cccc4c3oc3cc(C5(c6ccccc6)c6ccccc6-c6ccccc65)ccc34)c12. The molecule has 1 heterocycles. The monoisotopic (exact) mass is 829 g/mol. The van der Waals surface area contributed by atoms with Crippen LogP contribution in [0.5, 0.6) is 0 Å². The van der Waals surface area contributed by atoms with Crippen LogP contribution in [0.15, 0.2) is 234 Å². The quantitative estimate of drug-likeness (QED) is 0.172. The van der Waals surface area contributed by atoms with Gasteiger partial charge in [0.1, 0.15) is 5.58 Å². The molecule has 9 aromatic carbocycles. The van der Waals surface area contributed by atoms with Crippen molar-refractivity contribution in [3.8, 4) is 22.3 Å². The molecule has 1 unspecified atom stereocenters. The number of nitrogens with zero attached hydrogens (tertiary/aromatic N) is 1. The molecule has 0 fully saturated rings. The van der Waals surface area contributed by atoms with E-state index in [1.807, 2.05) is 0 Å². The van der Waals surface area contributed by atoms with Crippen LogP contribution < -0.4 is 4.90 Å². The first-order valence-corrected chi connectivity index (χ1v) is 23.0. The maximum atomic E-state index is 7.32. The predicted octanol–water partition coefficient (Wildman–Crippen LogP) is 16.1. The number of anilines is 3. The number of fused-ring (bicyclic) bond motifs is 15. The third-order valence-corrected chi connectivity index (χ3v) is 15.1. The molecule has 65 heavy (non-hydrogen) atoms. The minimum absolute atomic E-state index is 0.386. The summed E-state index contributed by atoms with van der Waals surface area (Å²) in [6.45, 7) is 2.36. The molecular weight excluding hydrogens is 787 g/mol. The first-order chi connectivity index (χ1) is 32.2. The molecule has 1 aromatic heterocycles. The third-order valence-electron chi connectivity index (χ3n) is 15.1. The summed E-state index contributed by atoms with van der Waals surface area (Å²) in [5, 5.41) is 2.20. The summed E-state index contributed by atoms with van der Waals surface area (Å²) in [7, 11) is 0. The first-order valence-electron chi connectivity index (χ1n) is 23.0. The lowest BCUT2D eigenvalue weighted by Crippen LogP contribution is -2.28. The van der Waals surface area contributed by atoms with E-state index in [-0.39, 0.29) is 5.41 Å². The minimum atomic E-state index is -0.519. The van der Waals surface area contributed by atoms with Gasteiger partial charge in [-0.2, -0.15) is 0 Å². The number of allylic oxidation sites excluding steroid dienone is 4. The van der Waals surface area contributed by atoms with Gasteiger partial charge in [-0.25, -0.2) is 0 Å². The minimum Gasteiger partial charge on any atom is -0.454 e. The van der Waals surface area contributed by atoms with Gasteiger partial charge in [0.05, 0.1) is 22.2 Å². The average Bonchev–Trinajstić information content (AvgIpc) is 4.08. The Bertz CT molecular complexity index is 3570. The molecule has 2 heteroatoms. The predicted molar refractivity (Wildman–Crippen MR) is 267 cm³/mol. The van der Waals surface area contributed by atoms with Crippen molar-refractivity contribution < 1.29 is 4.42 Å². The molecule has 0 aliphatic heterocycles. The number of benzene rings is 9. The van der Waals surface area contributed by atoms with Gasteiger partial charge in [-0.15, -0.1) is 0 Å². The lowest BCUT2D eigenvalue weighted by molar-refractivity contribution is 0.630. The van der Waals surface area contributed by atoms with Gasteiger partial charge in [0, 0.05) is 22.0 Å². The molecule has 14 rings (SSSR count). The zero-order chi connectivity index (χ0) is 42.9. The van der Waals surface area contributed by atoms with Gasteiger partial charge in [0.25, 0.3) is 0 Å². The Balaban J connectivity index is 1.02. The summed E-state index contributed by atoms with van der Waals surface area (Å²) < 4.78 is 7.32. The highest BCUT2D eigenvalue weighted by molar-refractivity contribution is 6.12. The Labute approximate surface area is 379 Å². The molecule has 306 valence electrons. The van der Waals surface area contributed by atoms with Gasteiger partial charge in [0.2, 0.25) is 0 Å². The summed E-state index contributed by atoms with van der Waals surface area (Å²) in [4.78, 5) is 2.46. The van der Waals surface area contributed by atoms with Crippen molar-refractivity contribution in [3.63, 3.8) is 0 Å². The second kappa shape index (κ2) is 13.5. The fraction of sp³-hybridized carbons (Fsp3) is 0.0794. The topological polar surface area (TPSA) is 16.4 Å². The van der Waals surface area contributed by atoms with Crippen LogP contribution in [0, 0.1) is 5.92 Å². The number of furan rings is 1. The van der Waals surface area contributed by atoms with Crippen molar-refractivity contribution in [2.75, 3.05) is 4.90 Å². The van der Waals surface area contributed by atoms with Gasteiger partial charge in [-0.05, 0) is 115 Å². The Morgan fingerprint density at radius 3 is 1.65 bits per heavy atom. The second-order valence-corrected chi connectivity index (χ2v) is 18.3. The lowest BCUT2D eigenvalue weighted by Gasteiger charge is -2.34. The zero-order valence-electron chi connectivity index (χ0n) is 36.0. The molecule has 1 spiro atoms. The molecule has 0 bridgehead atoms. The van der Waals surface area contributed by atoms with Gasteiger partial charge >= 0.3 is 0 Å². The maximum Gasteiger partial charge on any atom is 0.159 e. The van der Waals surface area contributed by atoms with Crippen LogP contribution in [0.2, 0.25) is 0 Å². The fourth-order valence-corrected chi connectivity index (χ4v) is 12.7. The highest BCUT2D eigenvalue weighted by Gasteiger charge is 2.54. The van der Waals surface area contributed by atoms with Crippen LogP contribution >= 0.6 is 0 Å². The second-order valence-electron chi connectivity index (χ2n) is 18.3. The summed E-state index contributed by atoms with van der Waals surface area (Å²) in [5.41, 5.74) is 22.6. The highest BCUT2D eigenvalue weighted by Crippen LogP contribution is 2.66. The van der Waals surface area contributed by atoms with Crippen LogP contribution in [-0.2, 0) is 10.8 Å². The molecule has 0 saturated carbocycles. The molecule has 0 saturated heterocycles. The van der Waals surface area contributed by atoms with E-state index < -0.39 is 5.41 Å². The Morgan fingerprint density at radius 1 is 0.462 bits per heavy atom. The van der Waals surface area contributed by atoms with Gasteiger partial charge in [-0.1, -0.05) is 201 Å². The van der Waals surface area contributed by atoms with Crippen LogP contribution in [0.3, 0.4) is 0 Å². The van der Waals surface area contributed by atoms with Crippen LogP contribution in [-0.4, -0.2) is 0 Å². The summed E-state index contributed by atoms with van der Waals surface area (Å²) in [6, 6.07) is 78.7. The van der Waals surface area contributed by atoms with Crippen molar-refractivity contribution in [1.29, 1.82) is 0 Å². The number of hydrogen-bond acceptors (Lipinski definition) is 2. The average molecular weight is 830 g/mol. The summed E-state index contributed by atoms with van der Waals surface area (Å²) >= 11 is 0. The molecule has 0 radical (unpaired) electrons. The number of para-hydroxylation sites is 2. The van der Waals surface area contributed by atoms with Crippen molar-refractivity contribution in [2.45, 2.75) is 24.2 Å². The molecule has 10 aromatic rings. The third kappa shape index (κ3) is 4.73. The molecule has 0 amide bonds. The van der Waals surface area contributed by atoms with E-state index in [0.29, 0.717) is 5.92 Å². The Kier molecular flexibility index (Phi) is 7.61. The van der Waals surface area contributed by atoms with Crippen LogP contribution in [0.25, 0.3) is 49.8 Å². The van der Waals surface area contributed by atoms with E-state index in [1.54, 1.807) is 0 Å². The van der Waals surface area contributed by atoms with Crippen LogP contribution in [0.4, 0.5) is 17.1 Å².